The Hall–Kier alpha value is -0.0200. The molecule has 12 heavy (non-hydrogen) atoms. The molecule has 0 aliphatic carbocycles. The van der Waals surface area contributed by atoms with Gasteiger partial charge in [-0.1, -0.05) is 15.9 Å². The molecule has 0 atom stereocenters. The molecule has 0 saturated heterocycles. The number of aryl methyl sites for hydroxylation is 1. The predicted molar refractivity (Wildman–Crippen MR) is 58.1 cm³/mol. The Morgan fingerprint density at radius 2 is 2.08 bits per heavy atom. The van der Waals surface area contributed by atoms with Gasteiger partial charge in [-0.15, -0.1) is 0 Å². The van der Waals surface area contributed by atoms with Crippen molar-refractivity contribution in [2.45, 2.75) is 12.3 Å². The minimum Gasteiger partial charge on any atom is -0.496 e. The first-order valence-corrected chi connectivity index (χ1v) is 5.49. The number of hydrogen-bond acceptors (Lipinski definition) is 1. The first kappa shape index (κ1) is 10.1. The topological polar surface area (TPSA) is 9.23 Å². The highest BCUT2D eigenvalue weighted by Crippen LogP contribution is 2.29. The molecule has 0 spiro atoms. The van der Waals surface area contributed by atoms with Gasteiger partial charge in [0.25, 0.3) is 0 Å². The van der Waals surface area contributed by atoms with Crippen molar-refractivity contribution < 1.29 is 4.74 Å². The van der Waals surface area contributed by atoms with E-state index in [9.17, 15) is 0 Å². The summed E-state index contributed by atoms with van der Waals surface area (Å²) in [6.45, 7) is 2.08. The third-order valence-electron chi connectivity index (χ3n) is 1.75. The van der Waals surface area contributed by atoms with Crippen LogP contribution in [0.4, 0.5) is 0 Å². The second-order valence-electron chi connectivity index (χ2n) is 2.55. The van der Waals surface area contributed by atoms with Crippen LogP contribution in [0.15, 0.2) is 16.6 Å². The molecule has 1 aromatic rings. The summed E-state index contributed by atoms with van der Waals surface area (Å²) in [6, 6.07) is 4.10. The fourth-order valence-electron chi connectivity index (χ4n) is 0.995. The minimum atomic E-state index is 0.864. The summed E-state index contributed by atoms with van der Waals surface area (Å²) in [7, 11) is 1.67. The molecule has 1 aromatic carbocycles. The van der Waals surface area contributed by atoms with Crippen molar-refractivity contribution in [3.8, 4) is 5.75 Å². The third-order valence-corrected chi connectivity index (χ3v) is 2.98. The summed E-state index contributed by atoms with van der Waals surface area (Å²) in [4.78, 5) is 0. The lowest BCUT2D eigenvalue weighted by atomic mass is 10.1. The summed E-state index contributed by atoms with van der Waals surface area (Å²) in [5.41, 5.74) is 2.52. The van der Waals surface area contributed by atoms with E-state index < -0.39 is 0 Å². The molecule has 0 unspecified atom stereocenters. The number of halogens is 2. The Labute approximate surface area is 89.4 Å². The van der Waals surface area contributed by atoms with Gasteiger partial charge in [-0.2, -0.15) is 0 Å². The van der Waals surface area contributed by atoms with E-state index in [1.807, 2.05) is 6.07 Å². The van der Waals surface area contributed by atoms with Crippen LogP contribution in [0.2, 0.25) is 0 Å². The van der Waals surface area contributed by atoms with Gasteiger partial charge in [-0.05, 0) is 46.1 Å². The Morgan fingerprint density at radius 3 is 2.58 bits per heavy atom. The van der Waals surface area contributed by atoms with Gasteiger partial charge in [0.05, 0.1) is 11.6 Å². The van der Waals surface area contributed by atoms with E-state index in [4.69, 9.17) is 4.74 Å². The van der Waals surface area contributed by atoms with Crippen molar-refractivity contribution >= 4 is 31.9 Å². The van der Waals surface area contributed by atoms with Crippen molar-refractivity contribution in [1.82, 2.24) is 0 Å². The molecule has 0 heterocycles. The highest BCUT2D eigenvalue weighted by Gasteiger charge is 2.04. The molecule has 0 aromatic heterocycles. The van der Waals surface area contributed by atoms with Crippen molar-refractivity contribution in [3.63, 3.8) is 0 Å². The molecule has 1 nitrogen and oxygen atoms in total. The van der Waals surface area contributed by atoms with Gasteiger partial charge in [0, 0.05) is 5.33 Å². The first-order chi connectivity index (χ1) is 5.69. The minimum absolute atomic E-state index is 0.864. The maximum absolute atomic E-state index is 5.17. The summed E-state index contributed by atoms with van der Waals surface area (Å²) in [6.07, 6.45) is 0. The zero-order valence-corrected chi connectivity index (χ0v) is 10.2. The molecule has 0 N–H and O–H groups in total. The van der Waals surface area contributed by atoms with Gasteiger partial charge in [0.2, 0.25) is 0 Å². The highest BCUT2D eigenvalue weighted by molar-refractivity contribution is 9.10. The summed E-state index contributed by atoms with van der Waals surface area (Å²) in [5.74, 6) is 0.884. The molecule has 3 heteroatoms. The molecule has 0 aliphatic heterocycles. The van der Waals surface area contributed by atoms with E-state index >= 15 is 0 Å². The lowest BCUT2D eigenvalue weighted by Gasteiger charge is -2.07. The third kappa shape index (κ3) is 2.02. The van der Waals surface area contributed by atoms with Crippen molar-refractivity contribution in [3.05, 3.63) is 27.7 Å². The second kappa shape index (κ2) is 4.28. The SMILES string of the molecule is COc1cc(CBr)c(C)cc1Br. The quantitative estimate of drug-likeness (QED) is 0.756. The fourth-order valence-corrected chi connectivity index (χ4v) is 2.22. The first-order valence-electron chi connectivity index (χ1n) is 3.58. The highest BCUT2D eigenvalue weighted by atomic mass is 79.9. The average Bonchev–Trinajstić information content (AvgIpc) is 2.05. The van der Waals surface area contributed by atoms with Crippen LogP contribution in [-0.2, 0) is 5.33 Å². The maximum Gasteiger partial charge on any atom is 0.133 e. The van der Waals surface area contributed by atoms with Crippen LogP contribution in [0.1, 0.15) is 11.1 Å². The molecule has 1 rings (SSSR count). The second-order valence-corrected chi connectivity index (χ2v) is 3.96. The van der Waals surface area contributed by atoms with E-state index in [0.29, 0.717) is 0 Å². The molecular weight excluding hydrogens is 284 g/mol. The monoisotopic (exact) mass is 292 g/mol. The summed E-state index contributed by atoms with van der Waals surface area (Å²) >= 11 is 6.86. The smallest absolute Gasteiger partial charge is 0.133 e. The van der Waals surface area contributed by atoms with Crippen LogP contribution in [0.3, 0.4) is 0 Å². The largest absolute Gasteiger partial charge is 0.496 e. The van der Waals surface area contributed by atoms with Crippen molar-refractivity contribution in [2.24, 2.45) is 0 Å². The predicted octanol–water partition coefficient (Wildman–Crippen LogP) is 3.66. The molecule has 0 amide bonds. The summed E-state index contributed by atoms with van der Waals surface area (Å²) < 4.78 is 6.18. The molecule has 0 radical (unpaired) electrons. The van der Waals surface area contributed by atoms with Gasteiger partial charge in [-0.25, -0.2) is 0 Å². The van der Waals surface area contributed by atoms with Gasteiger partial charge < -0.3 is 4.74 Å². The van der Waals surface area contributed by atoms with E-state index in [2.05, 4.69) is 44.8 Å². The Balaban J connectivity index is 3.18. The zero-order chi connectivity index (χ0) is 9.14. The van der Waals surface area contributed by atoms with E-state index in [-0.39, 0.29) is 0 Å². The Bertz CT molecular complexity index is 259. The van der Waals surface area contributed by atoms with Gasteiger partial charge in [0.15, 0.2) is 0 Å². The van der Waals surface area contributed by atoms with E-state index in [1.54, 1.807) is 7.11 Å². The lowest BCUT2D eigenvalue weighted by Crippen LogP contribution is -1.90. The van der Waals surface area contributed by atoms with Crippen LogP contribution >= 0.6 is 31.9 Å². The van der Waals surface area contributed by atoms with E-state index in [0.717, 1.165) is 15.6 Å². The van der Waals surface area contributed by atoms with Crippen LogP contribution in [0.25, 0.3) is 0 Å². The molecule has 66 valence electrons. The Kier molecular flexibility index (Phi) is 3.59. The molecule has 0 aliphatic rings. The molecule has 0 fully saturated rings. The van der Waals surface area contributed by atoms with Crippen molar-refractivity contribution in [2.75, 3.05) is 7.11 Å². The Morgan fingerprint density at radius 1 is 1.42 bits per heavy atom. The average molecular weight is 294 g/mol. The lowest BCUT2D eigenvalue weighted by molar-refractivity contribution is 0.411. The standard InChI is InChI=1S/C9H10Br2O/c1-6-3-8(11)9(12-2)4-7(6)5-10/h3-4H,5H2,1-2H3. The number of alkyl halides is 1. The molecular formula is C9H10Br2O. The van der Waals surface area contributed by atoms with Gasteiger partial charge in [0.1, 0.15) is 5.75 Å². The molecule has 0 saturated carbocycles. The number of hydrogen-bond donors (Lipinski definition) is 0. The normalized spacial score (nSPS) is 10.0. The summed E-state index contributed by atoms with van der Waals surface area (Å²) in [5, 5.41) is 0.864. The van der Waals surface area contributed by atoms with E-state index in [1.165, 1.54) is 11.1 Å². The van der Waals surface area contributed by atoms with Crippen molar-refractivity contribution in [1.29, 1.82) is 0 Å². The van der Waals surface area contributed by atoms with Gasteiger partial charge >= 0.3 is 0 Å². The number of ether oxygens (including phenoxy) is 1. The maximum atomic E-state index is 5.17. The van der Waals surface area contributed by atoms with Crippen LogP contribution < -0.4 is 4.74 Å². The van der Waals surface area contributed by atoms with Crippen LogP contribution in [0, 0.1) is 6.92 Å². The number of rotatable bonds is 2. The van der Waals surface area contributed by atoms with Crippen LogP contribution in [0.5, 0.6) is 5.75 Å². The van der Waals surface area contributed by atoms with Crippen LogP contribution in [-0.4, -0.2) is 7.11 Å². The number of methoxy groups -OCH3 is 1. The number of benzene rings is 1. The zero-order valence-electron chi connectivity index (χ0n) is 7.03. The molecule has 0 bridgehead atoms. The van der Waals surface area contributed by atoms with Gasteiger partial charge in [-0.3, -0.25) is 0 Å². The fraction of sp³-hybridized carbons (Fsp3) is 0.333.